The first-order valence-electron chi connectivity index (χ1n) is 10.5. The number of aromatic nitrogens is 1. The third kappa shape index (κ3) is 4.37. The zero-order chi connectivity index (χ0) is 22.3. The topological polar surface area (TPSA) is 116 Å². The summed E-state index contributed by atoms with van der Waals surface area (Å²) in [7, 11) is -4.43. The minimum absolute atomic E-state index is 0.230. The smallest absolute Gasteiger partial charge is 0.391 e. The molecule has 1 fully saturated rings. The number of rotatable bonds is 5. The summed E-state index contributed by atoms with van der Waals surface area (Å²) >= 11 is 1.59. The molecule has 2 aromatic carbocycles. The predicted octanol–water partition coefficient (Wildman–Crippen LogP) is 4.74. The highest BCUT2D eigenvalue weighted by Crippen LogP contribution is 2.39. The lowest BCUT2D eigenvalue weighted by Gasteiger charge is -2.26. The summed E-state index contributed by atoms with van der Waals surface area (Å²) in [5.74, 6) is 0.403. The van der Waals surface area contributed by atoms with Crippen LogP contribution >= 0.6 is 18.9 Å². The molecule has 1 saturated carbocycles. The van der Waals surface area contributed by atoms with Crippen molar-refractivity contribution in [2.24, 2.45) is 0 Å². The van der Waals surface area contributed by atoms with Gasteiger partial charge in [0.1, 0.15) is 5.76 Å². The maximum Gasteiger partial charge on any atom is 0.391 e. The van der Waals surface area contributed by atoms with Crippen molar-refractivity contribution in [1.82, 2.24) is 4.98 Å². The highest BCUT2D eigenvalue weighted by molar-refractivity contribution is 7.59. The van der Waals surface area contributed by atoms with Crippen LogP contribution in [0.1, 0.15) is 25.7 Å². The van der Waals surface area contributed by atoms with Crippen molar-refractivity contribution in [2.45, 2.75) is 37.8 Å². The average Bonchev–Trinajstić information content (AvgIpc) is 3.41. The number of aliphatic hydroxyl groups excluding tert-OH is 1. The monoisotopic (exact) mass is 470 g/mol. The Hall–Kier alpha value is -2.48. The van der Waals surface area contributed by atoms with Gasteiger partial charge < -0.3 is 24.6 Å². The number of nitrogens with one attached hydrogen (secondary N) is 1. The van der Waals surface area contributed by atoms with Gasteiger partial charge in [-0.2, -0.15) is 0 Å². The van der Waals surface area contributed by atoms with Crippen molar-refractivity contribution in [3.05, 3.63) is 54.6 Å². The van der Waals surface area contributed by atoms with E-state index in [0.717, 1.165) is 57.7 Å². The van der Waals surface area contributed by atoms with Gasteiger partial charge in [0, 0.05) is 17.2 Å². The highest BCUT2D eigenvalue weighted by atomic mass is 32.1. The Morgan fingerprint density at radius 3 is 2.66 bits per heavy atom. The number of hydrogen-bond acceptors (Lipinski definition) is 6. The molecular formula is C23H23N2O5PS. The van der Waals surface area contributed by atoms with Gasteiger partial charge in [-0.25, -0.2) is 4.98 Å². The molecule has 9 heteroatoms. The van der Waals surface area contributed by atoms with Crippen molar-refractivity contribution in [1.29, 1.82) is 0 Å². The van der Waals surface area contributed by atoms with Crippen molar-refractivity contribution in [2.75, 3.05) is 5.32 Å². The van der Waals surface area contributed by atoms with Crippen LogP contribution in [0, 0.1) is 0 Å². The van der Waals surface area contributed by atoms with Crippen LogP contribution in [0.5, 0.6) is 0 Å². The number of aliphatic hydroxyl groups is 1. The first kappa shape index (κ1) is 21.4. The van der Waals surface area contributed by atoms with Crippen molar-refractivity contribution in [3.8, 4) is 22.5 Å². The molecule has 5 rings (SSSR count). The van der Waals surface area contributed by atoms with Crippen LogP contribution in [0.15, 0.2) is 59.0 Å². The lowest BCUT2D eigenvalue weighted by molar-refractivity contribution is 0.124. The molecule has 2 heterocycles. The summed E-state index contributed by atoms with van der Waals surface area (Å²) in [5.41, 5.74) is 3.29. The fraction of sp³-hybridized carbons (Fsp3) is 0.261. The van der Waals surface area contributed by atoms with Gasteiger partial charge in [-0.05, 0) is 55.5 Å². The molecule has 1 aliphatic carbocycles. The number of nitrogens with zero attached hydrogens (tertiary/aromatic N) is 1. The predicted molar refractivity (Wildman–Crippen MR) is 126 cm³/mol. The molecule has 4 N–H and O–H groups in total. The molecule has 0 saturated heterocycles. The maximum atomic E-state index is 11.5. The van der Waals surface area contributed by atoms with Crippen molar-refractivity contribution >= 4 is 39.8 Å². The Balaban J connectivity index is 1.47. The summed E-state index contributed by atoms with van der Waals surface area (Å²) in [6.45, 7) is 0. The summed E-state index contributed by atoms with van der Waals surface area (Å²) in [5, 5.41) is 14.3. The van der Waals surface area contributed by atoms with E-state index >= 15 is 0 Å². The van der Waals surface area contributed by atoms with Gasteiger partial charge in [0.2, 0.25) is 5.50 Å². The molecule has 0 radical (unpaired) electrons. The van der Waals surface area contributed by atoms with Gasteiger partial charge in [0.05, 0.1) is 16.3 Å². The maximum absolute atomic E-state index is 11.5. The molecule has 2 aromatic heterocycles. The van der Waals surface area contributed by atoms with Crippen LogP contribution in [-0.2, 0) is 4.57 Å². The fourth-order valence-electron chi connectivity index (χ4n) is 4.19. The standard InChI is InChI=1S/C23H23N2O5PS/c26-17-7-2-6-16(13-17)24-23-25-19-9-3-8-18(22(19)32-23)14-4-1-5-15(12-14)20-10-11-21(30-20)31(27,28)29/h1,3-5,8-12,16-17,26H,2,6-7,13H2,(H,24,25)(H2,27,28,29)/t16-,17-/m1/s1. The van der Waals surface area contributed by atoms with E-state index in [2.05, 4.69) is 5.32 Å². The Bertz CT molecular complexity index is 1310. The van der Waals surface area contributed by atoms with Crippen LogP contribution in [-0.4, -0.2) is 32.0 Å². The molecule has 0 amide bonds. The van der Waals surface area contributed by atoms with E-state index in [1.54, 1.807) is 17.4 Å². The molecule has 32 heavy (non-hydrogen) atoms. The Labute approximate surface area is 188 Å². The lowest BCUT2D eigenvalue weighted by Crippen LogP contribution is -2.29. The molecule has 4 aromatic rings. The van der Waals surface area contributed by atoms with E-state index < -0.39 is 7.60 Å². The molecule has 166 valence electrons. The number of benzene rings is 2. The summed E-state index contributed by atoms with van der Waals surface area (Å²) < 4.78 is 17.9. The van der Waals surface area contributed by atoms with Crippen LogP contribution in [0.25, 0.3) is 32.7 Å². The number of hydrogen-bond donors (Lipinski definition) is 4. The molecule has 0 bridgehead atoms. The zero-order valence-electron chi connectivity index (χ0n) is 17.1. The van der Waals surface area contributed by atoms with E-state index in [-0.39, 0.29) is 17.6 Å². The van der Waals surface area contributed by atoms with Crippen LogP contribution in [0.3, 0.4) is 0 Å². The first-order chi connectivity index (χ1) is 15.4. The van der Waals surface area contributed by atoms with Gasteiger partial charge in [-0.3, -0.25) is 4.57 Å². The van der Waals surface area contributed by atoms with Gasteiger partial charge in [-0.15, -0.1) is 0 Å². The van der Waals surface area contributed by atoms with Gasteiger partial charge in [0.25, 0.3) is 0 Å². The zero-order valence-corrected chi connectivity index (χ0v) is 18.9. The summed E-state index contributed by atoms with van der Waals surface area (Å²) in [6, 6.07) is 16.8. The minimum atomic E-state index is -4.43. The first-order valence-corrected chi connectivity index (χ1v) is 12.9. The SMILES string of the molecule is O=P(O)(O)c1ccc(-c2cccc(-c3cccc4nc(N[C@@H]5CCC[C@@H](O)C5)sc34)c2)o1. The van der Waals surface area contributed by atoms with E-state index in [0.29, 0.717) is 5.76 Å². The average molecular weight is 470 g/mol. The minimum Gasteiger partial charge on any atom is -0.448 e. The van der Waals surface area contributed by atoms with Gasteiger partial charge >= 0.3 is 7.60 Å². The molecule has 0 spiro atoms. The third-order valence-corrected chi connectivity index (χ3v) is 7.58. The Morgan fingerprint density at radius 1 is 1.06 bits per heavy atom. The molecule has 0 aliphatic heterocycles. The van der Waals surface area contributed by atoms with E-state index in [9.17, 15) is 19.5 Å². The second kappa shape index (κ2) is 8.46. The largest absolute Gasteiger partial charge is 0.448 e. The highest BCUT2D eigenvalue weighted by Gasteiger charge is 2.23. The lowest BCUT2D eigenvalue weighted by atomic mass is 9.93. The number of thiazole rings is 1. The number of fused-ring (bicyclic) bond motifs is 1. The second-order valence-electron chi connectivity index (χ2n) is 8.10. The molecule has 2 atom stereocenters. The van der Waals surface area contributed by atoms with Crippen LogP contribution in [0.2, 0.25) is 0 Å². The quantitative estimate of drug-likeness (QED) is 0.311. The van der Waals surface area contributed by atoms with Gasteiger partial charge in [-0.1, -0.05) is 41.7 Å². The number of anilines is 1. The van der Waals surface area contributed by atoms with Gasteiger partial charge in [0.15, 0.2) is 5.13 Å². The molecular weight excluding hydrogens is 447 g/mol. The van der Waals surface area contributed by atoms with E-state index in [1.807, 2.05) is 42.5 Å². The third-order valence-electron chi connectivity index (χ3n) is 5.73. The normalized spacial score (nSPS) is 19.3. The molecule has 0 unspecified atom stereocenters. The van der Waals surface area contributed by atoms with Crippen LogP contribution in [0.4, 0.5) is 5.13 Å². The molecule has 1 aliphatic rings. The van der Waals surface area contributed by atoms with E-state index in [1.165, 1.54) is 6.07 Å². The Morgan fingerprint density at radius 2 is 1.88 bits per heavy atom. The second-order valence-corrected chi connectivity index (χ2v) is 10.6. The van der Waals surface area contributed by atoms with E-state index in [4.69, 9.17) is 9.40 Å². The van der Waals surface area contributed by atoms with Crippen LogP contribution < -0.4 is 10.8 Å². The molecule has 7 nitrogen and oxygen atoms in total. The summed E-state index contributed by atoms with van der Waals surface area (Å²) in [4.78, 5) is 23.4. The number of furan rings is 1. The summed E-state index contributed by atoms with van der Waals surface area (Å²) in [6.07, 6.45) is 3.40. The fourth-order valence-corrected chi connectivity index (χ4v) is 5.75. The van der Waals surface area contributed by atoms with Crippen molar-refractivity contribution < 1.29 is 23.9 Å². The Kier molecular flexibility index (Phi) is 5.65. The van der Waals surface area contributed by atoms with Crippen molar-refractivity contribution in [3.63, 3.8) is 0 Å².